The average molecular weight is 314 g/mol. The van der Waals surface area contributed by atoms with Crippen LogP contribution < -0.4 is 10.6 Å². The van der Waals surface area contributed by atoms with Crippen molar-refractivity contribution in [1.82, 2.24) is 0 Å². The Labute approximate surface area is 132 Å². The molecule has 0 amide bonds. The molecule has 116 valence electrons. The molecule has 0 radical (unpaired) electrons. The number of benzene rings is 2. The molecule has 3 heteroatoms. The summed E-state index contributed by atoms with van der Waals surface area (Å²) in [5.41, 5.74) is 0. The Morgan fingerprint density at radius 1 is 0.864 bits per heavy atom. The maximum absolute atomic E-state index is 14.1. The average Bonchev–Trinajstić information content (AvgIpc) is 2.55. The summed E-state index contributed by atoms with van der Waals surface area (Å²) in [5, 5.41) is 1.79. The molecule has 0 bridgehead atoms. The maximum Gasteiger partial charge on any atom is 0.170 e. The molecule has 3 atom stereocenters. The van der Waals surface area contributed by atoms with E-state index in [2.05, 4.69) is 13.8 Å². The molecule has 1 unspecified atom stereocenters. The fraction of sp³-hybridized carbons (Fsp3) is 0.368. The van der Waals surface area contributed by atoms with E-state index in [9.17, 15) is 4.57 Å². The van der Waals surface area contributed by atoms with Crippen LogP contribution in [0, 0.1) is 5.92 Å². The Hall–Kier alpha value is -1.37. The van der Waals surface area contributed by atoms with Crippen LogP contribution >= 0.6 is 7.14 Å². The molecule has 22 heavy (non-hydrogen) atoms. The molecule has 2 nitrogen and oxygen atoms in total. The molecule has 0 aliphatic carbocycles. The van der Waals surface area contributed by atoms with Gasteiger partial charge in [-0.1, -0.05) is 67.6 Å². The summed E-state index contributed by atoms with van der Waals surface area (Å²) in [4.78, 5) is 0. The standard InChI is InChI=1S/C19H23O2P/c1-15-13-16(2)21-19(14-15)22(20,17-9-5-3-6-10-17)18-11-7-4-8-12-18/h3-12,15-16,19H,13-14H2,1-2H3/t15-,16+,19?/m1/s1. The van der Waals surface area contributed by atoms with E-state index < -0.39 is 7.14 Å². The zero-order valence-electron chi connectivity index (χ0n) is 13.2. The first-order chi connectivity index (χ1) is 10.6. The van der Waals surface area contributed by atoms with Crippen LogP contribution in [0.1, 0.15) is 26.7 Å². The minimum atomic E-state index is -2.80. The predicted molar refractivity (Wildman–Crippen MR) is 92.5 cm³/mol. The lowest BCUT2D eigenvalue weighted by atomic mass is 9.99. The van der Waals surface area contributed by atoms with Crippen molar-refractivity contribution in [3.05, 3.63) is 60.7 Å². The summed E-state index contributed by atoms with van der Waals surface area (Å²) < 4.78 is 20.3. The molecule has 2 aromatic carbocycles. The van der Waals surface area contributed by atoms with Gasteiger partial charge in [-0.3, -0.25) is 0 Å². The second-order valence-corrected chi connectivity index (χ2v) is 9.23. The first kappa shape index (κ1) is 15.5. The van der Waals surface area contributed by atoms with Gasteiger partial charge in [0.05, 0.1) is 6.10 Å². The summed E-state index contributed by atoms with van der Waals surface area (Å²) in [5.74, 6) is 0.311. The van der Waals surface area contributed by atoms with Gasteiger partial charge in [-0.15, -0.1) is 0 Å². The Morgan fingerprint density at radius 3 is 1.82 bits per heavy atom. The molecule has 1 heterocycles. The smallest absolute Gasteiger partial charge is 0.170 e. The largest absolute Gasteiger partial charge is 0.367 e. The van der Waals surface area contributed by atoms with Gasteiger partial charge in [0.1, 0.15) is 5.85 Å². The quantitative estimate of drug-likeness (QED) is 0.795. The summed E-state index contributed by atoms with van der Waals surface area (Å²) >= 11 is 0. The number of ether oxygens (including phenoxy) is 1. The highest BCUT2D eigenvalue weighted by atomic mass is 31.2. The molecule has 0 spiro atoms. The monoisotopic (exact) mass is 314 g/mol. The lowest BCUT2D eigenvalue weighted by Crippen LogP contribution is -2.36. The van der Waals surface area contributed by atoms with Gasteiger partial charge in [-0.25, -0.2) is 0 Å². The molecule has 1 aliphatic heterocycles. The first-order valence-corrected chi connectivity index (χ1v) is 9.74. The van der Waals surface area contributed by atoms with Crippen molar-refractivity contribution in [2.45, 2.75) is 38.6 Å². The van der Waals surface area contributed by atoms with E-state index in [1.807, 2.05) is 60.7 Å². The van der Waals surface area contributed by atoms with Crippen molar-refractivity contribution in [3.63, 3.8) is 0 Å². The lowest BCUT2D eigenvalue weighted by molar-refractivity contribution is -0.0177. The van der Waals surface area contributed by atoms with Crippen molar-refractivity contribution < 1.29 is 9.30 Å². The van der Waals surface area contributed by atoms with E-state index in [0.717, 1.165) is 23.5 Å². The Morgan fingerprint density at radius 2 is 1.36 bits per heavy atom. The molecule has 2 aromatic rings. The number of hydrogen-bond donors (Lipinski definition) is 0. The summed E-state index contributed by atoms with van der Waals surface area (Å²) in [6.07, 6.45) is 2.06. The normalized spacial score (nSPS) is 25.8. The third-order valence-electron chi connectivity index (χ3n) is 4.41. The number of rotatable bonds is 3. The molecule has 0 N–H and O–H groups in total. The van der Waals surface area contributed by atoms with Gasteiger partial charge in [0.25, 0.3) is 0 Å². The predicted octanol–water partition coefficient (Wildman–Crippen LogP) is 4.16. The van der Waals surface area contributed by atoms with Gasteiger partial charge in [0.2, 0.25) is 0 Å². The van der Waals surface area contributed by atoms with E-state index in [0.29, 0.717) is 5.92 Å². The highest BCUT2D eigenvalue weighted by molar-refractivity contribution is 7.79. The first-order valence-electron chi connectivity index (χ1n) is 7.97. The lowest BCUT2D eigenvalue weighted by Gasteiger charge is -2.37. The second-order valence-electron chi connectivity index (χ2n) is 6.31. The van der Waals surface area contributed by atoms with Crippen LogP contribution in [0.5, 0.6) is 0 Å². The van der Waals surface area contributed by atoms with E-state index >= 15 is 0 Å². The van der Waals surface area contributed by atoms with Crippen LogP contribution in [0.25, 0.3) is 0 Å². The highest BCUT2D eigenvalue weighted by Gasteiger charge is 2.41. The van der Waals surface area contributed by atoms with Gasteiger partial charge < -0.3 is 9.30 Å². The summed E-state index contributed by atoms with van der Waals surface area (Å²) in [7, 11) is -2.80. The number of hydrogen-bond acceptors (Lipinski definition) is 2. The Kier molecular flexibility index (Phi) is 4.52. The topological polar surface area (TPSA) is 26.3 Å². The molecular weight excluding hydrogens is 291 g/mol. The second kappa shape index (κ2) is 6.40. The molecule has 1 saturated heterocycles. The van der Waals surface area contributed by atoms with E-state index in [1.165, 1.54) is 0 Å². The third-order valence-corrected chi connectivity index (χ3v) is 7.69. The fourth-order valence-electron chi connectivity index (χ4n) is 3.40. The van der Waals surface area contributed by atoms with Gasteiger partial charge in [-0.2, -0.15) is 0 Å². The van der Waals surface area contributed by atoms with Gasteiger partial charge in [-0.05, 0) is 25.7 Å². The van der Waals surface area contributed by atoms with E-state index in [-0.39, 0.29) is 11.9 Å². The molecule has 0 saturated carbocycles. The molecule has 1 aliphatic rings. The molecule has 3 rings (SSSR count). The fourth-order valence-corrected chi connectivity index (χ4v) is 6.63. The molecule has 0 aromatic heterocycles. The van der Waals surface area contributed by atoms with E-state index in [1.54, 1.807) is 0 Å². The zero-order chi connectivity index (χ0) is 15.6. The van der Waals surface area contributed by atoms with Crippen LogP contribution in [-0.4, -0.2) is 11.9 Å². The van der Waals surface area contributed by atoms with Crippen molar-refractivity contribution in [3.8, 4) is 0 Å². The van der Waals surface area contributed by atoms with Crippen LogP contribution in [0.4, 0.5) is 0 Å². The van der Waals surface area contributed by atoms with Gasteiger partial charge in [0, 0.05) is 10.6 Å². The van der Waals surface area contributed by atoms with Crippen LogP contribution in [0.3, 0.4) is 0 Å². The highest BCUT2D eigenvalue weighted by Crippen LogP contribution is 2.53. The summed E-state index contributed by atoms with van der Waals surface area (Å²) in [6.45, 7) is 4.31. The SMILES string of the molecule is C[C@H]1CC(P(=O)(c2ccccc2)c2ccccc2)O[C@@H](C)C1. The van der Waals surface area contributed by atoms with Crippen LogP contribution in [0.15, 0.2) is 60.7 Å². The van der Waals surface area contributed by atoms with Crippen molar-refractivity contribution in [2.24, 2.45) is 5.92 Å². The zero-order valence-corrected chi connectivity index (χ0v) is 14.1. The minimum absolute atomic E-state index is 0.162. The van der Waals surface area contributed by atoms with E-state index in [4.69, 9.17) is 4.74 Å². The molecular formula is C19H23O2P. The third kappa shape index (κ3) is 2.91. The van der Waals surface area contributed by atoms with Crippen LogP contribution in [-0.2, 0) is 9.30 Å². The van der Waals surface area contributed by atoms with Crippen LogP contribution in [0.2, 0.25) is 0 Å². The van der Waals surface area contributed by atoms with Crippen molar-refractivity contribution in [1.29, 1.82) is 0 Å². The molecule has 1 fully saturated rings. The Bertz CT molecular complexity index is 600. The van der Waals surface area contributed by atoms with Crippen molar-refractivity contribution >= 4 is 17.8 Å². The summed E-state index contributed by atoms with van der Waals surface area (Å²) in [6, 6.07) is 19.7. The maximum atomic E-state index is 14.1. The van der Waals surface area contributed by atoms with Crippen molar-refractivity contribution in [2.75, 3.05) is 0 Å². The Balaban J connectivity index is 2.10. The van der Waals surface area contributed by atoms with Gasteiger partial charge in [0.15, 0.2) is 7.14 Å². The van der Waals surface area contributed by atoms with Gasteiger partial charge >= 0.3 is 0 Å². The minimum Gasteiger partial charge on any atom is -0.367 e.